The van der Waals surface area contributed by atoms with Crippen LogP contribution in [-0.2, 0) is 0 Å². The van der Waals surface area contributed by atoms with E-state index in [0.29, 0.717) is 7.18 Å². The number of hydrogen-bond acceptors (Lipinski definition) is 0. The molecule has 0 saturated carbocycles. The molecule has 0 fully saturated rings. The minimum absolute atomic E-state index is 0.500. The first-order valence-corrected chi connectivity index (χ1v) is 3.56. The Bertz CT molecular complexity index is 139. The van der Waals surface area contributed by atoms with Crippen LogP contribution in [0, 0.1) is 3.57 Å². The van der Waals surface area contributed by atoms with Crippen molar-refractivity contribution < 1.29 is 4.39 Å². The van der Waals surface area contributed by atoms with E-state index < -0.39 is 0 Å². The van der Waals surface area contributed by atoms with E-state index in [1.165, 1.54) is 3.57 Å². The molecule has 0 saturated heterocycles. The highest BCUT2D eigenvalue weighted by Gasteiger charge is 1.74. The monoisotopic (exact) mass is 238 g/mol. The van der Waals surface area contributed by atoms with Crippen LogP contribution in [0.1, 0.15) is 0 Å². The molecule has 0 N–H and O–H groups in total. The van der Waals surface area contributed by atoms with Gasteiger partial charge in [-0.25, -0.2) is 0 Å². The first-order valence-electron chi connectivity index (χ1n) is 2.48. The van der Waals surface area contributed by atoms with Gasteiger partial charge in [-0.15, -0.1) is 0 Å². The molecule has 0 bridgehead atoms. The summed E-state index contributed by atoms with van der Waals surface area (Å²) in [5, 5.41) is 0. The Morgan fingerprint density at radius 3 is 1.78 bits per heavy atom. The molecule has 0 aromatic heterocycles. The fraction of sp³-hybridized carbons (Fsp3) is 0.143. The molecule has 1 aromatic rings. The van der Waals surface area contributed by atoms with E-state index in [1.807, 2.05) is 18.2 Å². The van der Waals surface area contributed by atoms with E-state index in [-0.39, 0.29) is 0 Å². The number of hydrogen-bond donors (Lipinski definition) is 0. The minimum Gasteiger partial charge on any atom is -0.255 e. The van der Waals surface area contributed by atoms with Crippen LogP contribution in [0.25, 0.3) is 0 Å². The molecule has 1 aromatic carbocycles. The molecule has 50 valence electrons. The van der Waals surface area contributed by atoms with Crippen LogP contribution in [0.4, 0.5) is 4.39 Å². The Morgan fingerprint density at radius 1 is 1.11 bits per heavy atom. The fourth-order valence-corrected chi connectivity index (χ4v) is 0.830. The highest BCUT2D eigenvalue weighted by atomic mass is 127. The number of benzene rings is 1. The number of rotatable bonds is 0. The third-order valence-corrected chi connectivity index (χ3v) is 1.45. The van der Waals surface area contributed by atoms with Gasteiger partial charge in [0.25, 0.3) is 0 Å². The largest absolute Gasteiger partial charge is 0.255 e. The van der Waals surface area contributed by atoms with Crippen molar-refractivity contribution in [1.82, 2.24) is 0 Å². The molecule has 1 rings (SSSR count). The normalized spacial score (nSPS) is 7.44. The average Bonchev–Trinajstić information content (AvgIpc) is 1.94. The second-order valence-corrected chi connectivity index (χ2v) is 2.54. The molecule has 2 heteroatoms. The Labute approximate surface area is 68.2 Å². The van der Waals surface area contributed by atoms with Crippen molar-refractivity contribution in [2.45, 2.75) is 0 Å². The van der Waals surface area contributed by atoms with Crippen LogP contribution in [-0.4, -0.2) is 7.18 Å². The summed E-state index contributed by atoms with van der Waals surface area (Å²) < 4.78 is 10.8. The van der Waals surface area contributed by atoms with Gasteiger partial charge in [-0.2, -0.15) is 0 Å². The average molecular weight is 238 g/mol. The molecular weight excluding hydrogens is 230 g/mol. The third kappa shape index (κ3) is 4.39. The first kappa shape index (κ1) is 8.88. The maximum absolute atomic E-state index is 9.50. The van der Waals surface area contributed by atoms with Crippen molar-refractivity contribution in [2.75, 3.05) is 7.18 Å². The Morgan fingerprint density at radius 2 is 1.56 bits per heavy atom. The van der Waals surface area contributed by atoms with Gasteiger partial charge in [0.15, 0.2) is 0 Å². The molecule has 0 aliphatic rings. The maximum Gasteiger partial charge on any atom is 0.0785 e. The van der Waals surface area contributed by atoms with E-state index in [9.17, 15) is 4.39 Å². The lowest BCUT2D eigenvalue weighted by Gasteiger charge is -1.80. The molecule has 0 amide bonds. The smallest absolute Gasteiger partial charge is 0.0785 e. The van der Waals surface area contributed by atoms with E-state index in [0.717, 1.165) is 0 Å². The zero-order valence-corrected chi connectivity index (χ0v) is 7.30. The summed E-state index contributed by atoms with van der Waals surface area (Å²) >= 11 is 2.28. The van der Waals surface area contributed by atoms with Gasteiger partial charge < -0.3 is 0 Å². The van der Waals surface area contributed by atoms with E-state index in [4.69, 9.17) is 0 Å². The van der Waals surface area contributed by atoms with Crippen LogP contribution in [0.5, 0.6) is 0 Å². The predicted octanol–water partition coefficient (Wildman–Crippen LogP) is 2.88. The number of halogens is 2. The second kappa shape index (κ2) is 6.01. The van der Waals surface area contributed by atoms with Crippen LogP contribution >= 0.6 is 22.6 Å². The van der Waals surface area contributed by atoms with Gasteiger partial charge in [-0.3, -0.25) is 4.39 Å². The van der Waals surface area contributed by atoms with Crippen LogP contribution < -0.4 is 0 Å². The Balaban J connectivity index is 0.000000291. The van der Waals surface area contributed by atoms with E-state index in [1.54, 1.807) is 0 Å². The van der Waals surface area contributed by atoms with Crippen molar-refractivity contribution >= 4 is 22.6 Å². The lowest BCUT2D eigenvalue weighted by molar-refractivity contribution is 0.636. The van der Waals surface area contributed by atoms with Crippen molar-refractivity contribution in [3.8, 4) is 0 Å². The summed E-state index contributed by atoms with van der Waals surface area (Å²) in [7, 11) is 0.500. The zero-order chi connectivity index (χ0) is 7.11. The van der Waals surface area contributed by atoms with Gasteiger partial charge >= 0.3 is 0 Å². The summed E-state index contributed by atoms with van der Waals surface area (Å²) in [5.41, 5.74) is 0. The van der Waals surface area contributed by atoms with Crippen molar-refractivity contribution in [1.29, 1.82) is 0 Å². The summed E-state index contributed by atoms with van der Waals surface area (Å²) in [5.74, 6) is 0. The highest BCUT2D eigenvalue weighted by Crippen LogP contribution is 1.99. The van der Waals surface area contributed by atoms with Crippen LogP contribution in [0.3, 0.4) is 0 Å². The van der Waals surface area contributed by atoms with Gasteiger partial charge in [-0.05, 0) is 34.7 Å². The zero-order valence-electron chi connectivity index (χ0n) is 5.14. The molecule has 0 spiro atoms. The highest BCUT2D eigenvalue weighted by molar-refractivity contribution is 14.1. The molecule has 0 atom stereocenters. The maximum atomic E-state index is 9.50. The molecule has 0 aliphatic heterocycles. The predicted molar refractivity (Wildman–Crippen MR) is 46.2 cm³/mol. The molecule has 0 nitrogen and oxygen atoms in total. The standard InChI is InChI=1S/C6H5I.CH3F/c7-6-4-2-1-3-5-6;1-2/h1-5H;1H3. The molecule has 9 heavy (non-hydrogen) atoms. The lowest BCUT2D eigenvalue weighted by atomic mass is 10.4. The summed E-state index contributed by atoms with van der Waals surface area (Å²) in [6.45, 7) is 0. The van der Waals surface area contributed by atoms with Gasteiger partial charge in [0, 0.05) is 3.57 Å². The van der Waals surface area contributed by atoms with Gasteiger partial charge in [0.05, 0.1) is 7.18 Å². The molecular formula is C7H8FI. The minimum atomic E-state index is 0.500. The van der Waals surface area contributed by atoms with Crippen molar-refractivity contribution in [3.05, 3.63) is 33.9 Å². The Hall–Kier alpha value is -0.120. The fourth-order valence-electron chi connectivity index (χ4n) is 0.415. The summed E-state index contributed by atoms with van der Waals surface area (Å²) in [6, 6.07) is 10.2. The van der Waals surface area contributed by atoms with Gasteiger partial charge in [-0.1, -0.05) is 18.2 Å². The molecule has 0 radical (unpaired) electrons. The first-order chi connectivity index (χ1) is 4.39. The molecule has 0 heterocycles. The van der Waals surface area contributed by atoms with Crippen LogP contribution in [0.15, 0.2) is 30.3 Å². The molecule has 0 unspecified atom stereocenters. The summed E-state index contributed by atoms with van der Waals surface area (Å²) in [6.07, 6.45) is 0. The number of alkyl halides is 1. The van der Waals surface area contributed by atoms with Crippen molar-refractivity contribution in [2.24, 2.45) is 0 Å². The van der Waals surface area contributed by atoms with Gasteiger partial charge in [0.1, 0.15) is 0 Å². The topological polar surface area (TPSA) is 0 Å². The quantitative estimate of drug-likeness (QED) is 0.609. The lowest BCUT2D eigenvalue weighted by Crippen LogP contribution is -1.61. The van der Waals surface area contributed by atoms with E-state index >= 15 is 0 Å². The third-order valence-electron chi connectivity index (χ3n) is 0.733. The van der Waals surface area contributed by atoms with Gasteiger partial charge in [0.2, 0.25) is 0 Å². The van der Waals surface area contributed by atoms with E-state index in [2.05, 4.69) is 34.7 Å². The van der Waals surface area contributed by atoms with Crippen LogP contribution in [0.2, 0.25) is 0 Å². The molecule has 0 aliphatic carbocycles. The summed E-state index contributed by atoms with van der Waals surface area (Å²) in [4.78, 5) is 0. The second-order valence-electron chi connectivity index (χ2n) is 1.30. The Kier molecular flexibility index (Phi) is 5.93. The SMILES string of the molecule is CF.Ic1ccccc1. The van der Waals surface area contributed by atoms with Crippen molar-refractivity contribution in [3.63, 3.8) is 0 Å².